The van der Waals surface area contributed by atoms with Gasteiger partial charge in [-0.15, -0.1) is 11.8 Å². The molecular weight excluding hydrogens is 554 g/mol. The topological polar surface area (TPSA) is 213 Å². The molecule has 206 valence electrons. The summed E-state index contributed by atoms with van der Waals surface area (Å²) in [5, 5.41) is 26.9. The minimum Gasteiger partial charge on any atom is -0.543 e. The summed E-state index contributed by atoms with van der Waals surface area (Å²) in [5.74, 6) is -3.73. The predicted molar refractivity (Wildman–Crippen MR) is 133 cm³/mol. The Hall–Kier alpha value is -4.09. The number of aliphatic hydroxyl groups excluding tert-OH is 1. The van der Waals surface area contributed by atoms with Crippen LogP contribution in [-0.2, 0) is 41.9 Å². The number of β-lactam (4-membered cyclic amide) rings is 1. The summed E-state index contributed by atoms with van der Waals surface area (Å²) in [6.45, 7) is 1.13. The molecule has 0 aromatic carbocycles. The fourth-order valence-corrected chi connectivity index (χ4v) is 5.63. The molecule has 1 fully saturated rings. The first-order valence-corrected chi connectivity index (χ1v) is 13.3. The number of hydrogen-bond acceptors (Lipinski definition) is 14. The van der Waals surface area contributed by atoms with Gasteiger partial charge in [0.15, 0.2) is 24.1 Å². The van der Waals surface area contributed by atoms with Gasteiger partial charge < -0.3 is 35.6 Å². The van der Waals surface area contributed by atoms with Gasteiger partial charge in [0, 0.05) is 34.5 Å². The number of nitrogens with one attached hydrogen (secondary N) is 1. The third-order valence-electron chi connectivity index (χ3n) is 5.51. The number of anilines is 1. The largest absolute Gasteiger partial charge is 0.543 e. The van der Waals surface area contributed by atoms with Gasteiger partial charge in [0.2, 0.25) is 18.1 Å². The normalized spacial score (nSPS) is 18.8. The van der Waals surface area contributed by atoms with Crippen LogP contribution in [0.3, 0.4) is 0 Å². The van der Waals surface area contributed by atoms with Gasteiger partial charge in [-0.25, -0.2) is 9.36 Å². The molecule has 0 saturated carbocycles. The minimum absolute atomic E-state index is 0.0447. The third-order valence-corrected chi connectivity index (χ3v) is 7.40. The summed E-state index contributed by atoms with van der Waals surface area (Å²) < 4.78 is 10.4. The van der Waals surface area contributed by atoms with Crippen LogP contribution in [-0.4, -0.2) is 79.2 Å². The number of nitrogens with two attached hydrogens (primary N) is 1. The molecule has 2 amide bonds. The monoisotopic (exact) mass is 577 g/mol. The Labute approximate surface area is 229 Å². The van der Waals surface area contributed by atoms with Gasteiger partial charge in [-0.05, 0) is 13.0 Å². The number of thioether (sulfide) groups is 1. The van der Waals surface area contributed by atoms with Gasteiger partial charge in [0.05, 0.1) is 24.9 Å². The Morgan fingerprint density at radius 3 is 2.87 bits per heavy atom. The molecule has 0 radical (unpaired) electrons. The van der Waals surface area contributed by atoms with E-state index in [1.165, 1.54) is 11.8 Å². The van der Waals surface area contributed by atoms with Gasteiger partial charge in [-0.3, -0.25) is 14.5 Å². The third kappa shape index (κ3) is 6.15. The van der Waals surface area contributed by atoms with Crippen molar-refractivity contribution in [2.75, 3.05) is 24.7 Å². The number of aliphatic carboxylic acids is 1. The number of rotatable bonds is 11. The highest BCUT2D eigenvalue weighted by Crippen LogP contribution is 2.40. The first-order valence-electron chi connectivity index (χ1n) is 11.5. The van der Waals surface area contributed by atoms with E-state index in [4.69, 9.17) is 15.3 Å². The van der Waals surface area contributed by atoms with Crippen LogP contribution in [0, 0.1) is 0 Å². The van der Waals surface area contributed by atoms with Crippen molar-refractivity contribution in [2.45, 2.75) is 31.5 Å². The van der Waals surface area contributed by atoms with Gasteiger partial charge in [-0.1, -0.05) is 5.16 Å². The predicted octanol–water partition coefficient (Wildman–Crippen LogP) is -2.71. The van der Waals surface area contributed by atoms with E-state index in [0.717, 1.165) is 16.4 Å². The summed E-state index contributed by atoms with van der Waals surface area (Å²) in [7, 11) is 0. The summed E-state index contributed by atoms with van der Waals surface area (Å²) >= 11 is 2.06. The maximum atomic E-state index is 13.1. The summed E-state index contributed by atoms with van der Waals surface area (Å²) in [4.78, 5) is 59.6. The van der Waals surface area contributed by atoms with Crippen LogP contribution in [0.4, 0.5) is 5.13 Å². The lowest BCUT2D eigenvalue weighted by Gasteiger charge is -2.50. The van der Waals surface area contributed by atoms with E-state index in [2.05, 4.69) is 19.8 Å². The molecule has 4 rings (SSSR count). The van der Waals surface area contributed by atoms with Gasteiger partial charge in [-0.2, -0.15) is 9.36 Å². The SMILES string of the molecule is CCOC(=O)CON=C(C(=O)NC1C(=O)N2C(C(=O)[O-])=C(C[n+]3cccc(CO)c3)CS[C@H]12)c1nsc(N)n1. The number of oxime groups is 1. The molecule has 15 nitrogen and oxygen atoms in total. The maximum absolute atomic E-state index is 13.1. The van der Waals surface area contributed by atoms with Crippen LogP contribution in [0.1, 0.15) is 18.3 Å². The number of nitrogen functional groups attached to an aromatic ring is 1. The highest BCUT2D eigenvalue weighted by molar-refractivity contribution is 8.00. The lowest BCUT2D eigenvalue weighted by atomic mass is 10.0. The molecule has 4 heterocycles. The van der Waals surface area contributed by atoms with Crippen molar-refractivity contribution in [1.82, 2.24) is 19.6 Å². The number of pyridine rings is 1. The zero-order valence-corrected chi connectivity index (χ0v) is 22.1. The lowest BCUT2D eigenvalue weighted by Crippen LogP contribution is -2.71. The van der Waals surface area contributed by atoms with Crippen LogP contribution >= 0.6 is 23.3 Å². The quantitative estimate of drug-likeness (QED) is 0.0817. The highest BCUT2D eigenvalue weighted by Gasteiger charge is 2.53. The number of carboxylic acids is 1. The lowest BCUT2D eigenvalue weighted by molar-refractivity contribution is -0.689. The van der Waals surface area contributed by atoms with Crippen molar-refractivity contribution < 1.29 is 43.5 Å². The molecule has 39 heavy (non-hydrogen) atoms. The van der Waals surface area contributed by atoms with Gasteiger partial charge in [0.25, 0.3) is 11.8 Å². The molecule has 4 N–H and O–H groups in total. The molecular formula is C22H23N7O8S2. The maximum Gasteiger partial charge on any atom is 0.347 e. The van der Waals surface area contributed by atoms with Crippen LogP contribution in [0.25, 0.3) is 0 Å². The number of fused-ring (bicyclic) bond motifs is 1. The number of hydrogen-bond donors (Lipinski definition) is 3. The van der Waals surface area contributed by atoms with Crippen LogP contribution < -0.4 is 20.7 Å². The molecule has 1 unspecified atom stereocenters. The van der Waals surface area contributed by atoms with Crippen molar-refractivity contribution in [1.29, 1.82) is 0 Å². The summed E-state index contributed by atoms with van der Waals surface area (Å²) in [6.07, 6.45) is 3.38. The van der Waals surface area contributed by atoms with E-state index in [-0.39, 0.29) is 42.2 Å². The van der Waals surface area contributed by atoms with Crippen molar-refractivity contribution in [3.05, 3.63) is 47.2 Å². The van der Waals surface area contributed by atoms with Crippen LogP contribution in [0.15, 0.2) is 41.0 Å². The van der Waals surface area contributed by atoms with E-state index in [1.807, 2.05) is 0 Å². The number of esters is 1. The van der Waals surface area contributed by atoms with E-state index < -0.39 is 47.5 Å². The number of ether oxygens (including phenoxy) is 1. The smallest absolute Gasteiger partial charge is 0.347 e. The van der Waals surface area contributed by atoms with Crippen molar-refractivity contribution in [2.24, 2.45) is 5.16 Å². The first-order chi connectivity index (χ1) is 18.7. The first kappa shape index (κ1) is 27.9. The van der Waals surface area contributed by atoms with Crippen molar-refractivity contribution >= 4 is 57.9 Å². The molecule has 0 bridgehead atoms. The number of carbonyl (C=O) groups excluding carboxylic acids is 4. The fraction of sp³-hybridized carbons (Fsp3) is 0.364. The summed E-state index contributed by atoms with van der Waals surface area (Å²) in [6, 6.07) is 2.34. The number of aliphatic hydroxyl groups is 1. The average Bonchev–Trinajstić information content (AvgIpc) is 3.35. The second-order valence-electron chi connectivity index (χ2n) is 8.12. The Kier molecular flexibility index (Phi) is 8.72. The van der Waals surface area contributed by atoms with Gasteiger partial charge in [0.1, 0.15) is 11.4 Å². The second kappa shape index (κ2) is 12.2. The Bertz CT molecular complexity index is 1360. The van der Waals surface area contributed by atoms with Gasteiger partial charge >= 0.3 is 5.97 Å². The zero-order chi connectivity index (χ0) is 28.1. The van der Waals surface area contributed by atoms with Crippen molar-refractivity contribution in [3.63, 3.8) is 0 Å². The molecule has 2 aliphatic rings. The number of carbonyl (C=O) groups is 4. The minimum atomic E-state index is -1.52. The zero-order valence-electron chi connectivity index (χ0n) is 20.4. The van der Waals surface area contributed by atoms with E-state index in [0.29, 0.717) is 11.1 Å². The Morgan fingerprint density at radius 1 is 1.41 bits per heavy atom. The van der Waals surface area contributed by atoms with E-state index >= 15 is 0 Å². The molecule has 2 atom stereocenters. The van der Waals surface area contributed by atoms with Crippen LogP contribution in [0.5, 0.6) is 0 Å². The molecule has 1 saturated heterocycles. The van der Waals surface area contributed by atoms with E-state index in [9.17, 15) is 29.4 Å². The summed E-state index contributed by atoms with van der Waals surface area (Å²) in [5.41, 5.74) is 5.98. The molecule has 0 aliphatic carbocycles. The average molecular weight is 578 g/mol. The Morgan fingerprint density at radius 2 is 2.21 bits per heavy atom. The molecule has 17 heteroatoms. The van der Waals surface area contributed by atoms with Crippen LogP contribution in [0.2, 0.25) is 0 Å². The molecule has 0 spiro atoms. The number of aromatic nitrogens is 3. The second-order valence-corrected chi connectivity index (χ2v) is 10.0. The van der Waals surface area contributed by atoms with Crippen molar-refractivity contribution in [3.8, 4) is 0 Å². The Balaban J connectivity index is 1.51. The fourth-order valence-electron chi connectivity index (χ4n) is 3.86. The standard InChI is InChI=1S/C22H23N7O8S2/c1-2-36-13(31)9-37-26-14(17-25-22(23)39-27-17)18(32)24-15-19(33)29-16(21(34)35)12(10-38-20(15)29)7-28-5-3-4-11(6-28)8-30/h3-6,15,20,30H,2,7-10H2,1H3,(H3-,23,24,25,27,32,34,35)/t15?,20-/m1/s1. The number of carboxylic acid groups (broad SMARTS) is 1. The highest BCUT2D eigenvalue weighted by atomic mass is 32.2. The molecule has 2 aliphatic heterocycles. The number of nitrogens with zero attached hydrogens (tertiary/aromatic N) is 5. The molecule has 2 aromatic rings. The number of amides is 2. The van der Waals surface area contributed by atoms with E-state index in [1.54, 1.807) is 36.0 Å². The molecule has 2 aromatic heterocycles.